The SMILES string of the molecule is O=C(c1cn(C2CCCNC2)nn1)N1CCCC1CCC1CCCCC1. The molecule has 6 heteroatoms. The monoisotopic (exact) mass is 359 g/mol. The second kappa shape index (κ2) is 8.51. The third-order valence-corrected chi connectivity index (χ3v) is 6.65. The number of carbonyl (C=O) groups excluding carboxylic acids is 1. The number of hydrogen-bond donors (Lipinski definition) is 1. The first kappa shape index (κ1) is 18.0. The van der Waals surface area contributed by atoms with Crippen molar-refractivity contribution < 1.29 is 4.79 Å². The van der Waals surface area contributed by atoms with Gasteiger partial charge in [-0.3, -0.25) is 4.79 Å². The van der Waals surface area contributed by atoms with Gasteiger partial charge in [-0.25, -0.2) is 4.68 Å². The molecule has 2 saturated heterocycles. The van der Waals surface area contributed by atoms with Gasteiger partial charge in [0.05, 0.1) is 12.2 Å². The van der Waals surface area contributed by atoms with Crippen LogP contribution in [0.5, 0.6) is 0 Å². The van der Waals surface area contributed by atoms with E-state index < -0.39 is 0 Å². The molecule has 26 heavy (non-hydrogen) atoms. The lowest BCUT2D eigenvalue weighted by Crippen LogP contribution is -2.36. The van der Waals surface area contributed by atoms with E-state index in [2.05, 4.69) is 20.5 Å². The summed E-state index contributed by atoms with van der Waals surface area (Å²) in [5.41, 5.74) is 0.528. The molecule has 3 aliphatic rings. The number of rotatable bonds is 5. The zero-order valence-electron chi connectivity index (χ0n) is 15.9. The predicted octanol–water partition coefficient (Wildman–Crippen LogP) is 3.17. The van der Waals surface area contributed by atoms with Gasteiger partial charge < -0.3 is 10.2 Å². The maximum absolute atomic E-state index is 13.0. The van der Waals surface area contributed by atoms with E-state index in [1.54, 1.807) is 0 Å². The summed E-state index contributed by atoms with van der Waals surface area (Å²) in [5.74, 6) is 0.979. The lowest BCUT2D eigenvalue weighted by Gasteiger charge is -2.27. The lowest BCUT2D eigenvalue weighted by atomic mass is 9.85. The summed E-state index contributed by atoms with van der Waals surface area (Å²) in [4.78, 5) is 15.1. The van der Waals surface area contributed by atoms with Crippen LogP contribution in [0.1, 0.15) is 87.2 Å². The smallest absolute Gasteiger partial charge is 0.276 e. The molecule has 2 aliphatic heterocycles. The number of hydrogen-bond acceptors (Lipinski definition) is 4. The van der Waals surface area contributed by atoms with E-state index in [0.717, 1.165) is 57.7 Å². The summed E-state index contributed by atoms with van der Waals surface area (Å²) in [6, 6.07) is 0.740. The molecule has 3 fully saturated rings. The first-order valence-corrected chi connectivity index (χ1v) is 10.7. The van der Waals surface area contributed by atoms with Gasteiger partial charge in [-0.1, -0.05) is 37.3 Å². The fourth-order valence-electron chi connectivity index (χ4n) is 5.07. The highest BCUT2D eigenvalue weighted by Crippen LogP contribution is 2.31. The molecular formula is C20H33N5O. The molecule has 0 bridgehead atoms. The molecule has 1 aliphatic carbocycles. The quantitative estimate of drug-likeness (QED) is 0.877. The van der Waals surface area contributed by atoms with Crippen LogP contribution < -0.4 is 5.32 Å². The number of carbonyl (C=O) groups is 1. The van der Waals surface area contributed by atoms with Crippen LogP contribution in [0.25, 0.3) is 0 Å². The minimum Gasteiger partial charge on any atom is -0.334 e. The maximum Gasteiger partial charge on any atom is 0.276 e. The summed E-state index contributed by atoms with van der Waals surface area (Å²) in [7, 11) is 0. The molecule has 0 aromatic carbocycles. The Labute approximate surface area is 156 Å². The molecule has 1 aromatic rings. The second-order valence-corrected chi connectivity index (χ2v) is 8.46. The van der Waals surface area contributed by atoms with Crippen LogP contribution in [0.4, 0.5) is 0 Å². The summed E-state index contributed by atoms with van der Waals surface area (Å²) < 4.78 is 1.90. The Morgan fingerprint density at radius 2 is 1.96 bits per heavy atom. The van der Waals surface area contributed by atoms with Gasteiger partial charge in [0.25, 0.3) is 5.91 Å². The van der Waals surface area contributed by atoms with Crippen LogP contribution in [0, 0.1) is 5.92 Å². The molecule has 2 atom stereocenters. The Hall–Kier alpha value is -1.43. The maximum atomic E-state index is 13.0. The fourth-order valence-corrected chi connectivity index (χ4v) is 5.07. The number of nitrogens with one attached hydrogen (secondary N) is 1. The molecule has 0 radical (unpaired) electrons. The van der Waals surface area contributed by atoms with E-state index in [1.165, 1.54) is 38.5 Å². The van der Waals surface area contributed by atoms with Crippen LogP contribution in [0.3, 0.4) is 0 Å². The van der Waals surface area contributed by atoms with E-state index in [0.29, 0.717) is 17.8 Å². The third kappa shape index (κ3) is 4.11. The molecule has 4 rings (SSSR count). The van der Waals surface area contributed by atoms with Gasteiger partial charge in [-0.15, -0.1) is 5.10 Å². The molecule has 144 valence electrons. The standard InChI is InChI=1S/C20H33N5O/c26-20(19-15-25(23-22-19)18-8-4-12-21-14-18)24-13-5-9-17(24)11-10-16-6-2-1-3-7-16/h15-18,21H,1-14H2. The normalized spacial score (nSPS) is 27.8. The molecule has 0 spiro atoms. The summed E-state index contributed by atoms with van der Waals surface area (Å²) in [6.07, 6.45) is 15.9. The van der Waals surface area contributed by atoms with Gasteiger partial charge in [-0.05, 0) is 51.0 Å². The molecule has 1 N–H and O–H groups in total. The highest BCUT2D eigenvalue weighted by molar-refractivity contribution is 5.92. The number of likely N-dealkylation sites (tertiary alicyclic amines) is 1. The van der Waals surface area contributed by atoms with Gasteiger partial charge in [-0.2, -0.15) is 0 Å². The minimum atomic E-state index is 0.0890. The zero-order valence-corrected chi connectivity index (χ0v) is 15.9. The molecule has 1 aromatic heterocycles. The van der Waals surface area contributed by atoms with Crippen molar-refractivity contribution in [1.82, 2.24) is 25.2 Å². The highest BCUT2D eigenvalue weighted by atomic mass is 16.2. The van der Waals surface area contributed by atoms with E-state index in [9.17, 15) is 4.79 Å². The Morgan fingerprint density at radius 1 is 1.08 bits per heavy atom. The van der Waals surface area contributed by atoms with Gasteiger partial charge >= 0.3 is 0 Å². The first-order chi connectivity index (χ1) is 12.8. The van der Waals surface area contributed by atoms with Gasteiger partial charge in [0, 0.05) is 19.1 Å². The van der Waals surface area contributed by atoms with Crippen LogP contribution >= 0.6 is 0 Å². The highest BCUT2D eigenvalue weighted by Gasteiger charge is 2.31. The predicted molar refractivity (Wildman–Crippen MR) is 101 cm³/mol. The molecule has 2 unspecified atom stereocenters. The number of amides is 1. The van der Waals surface area contributed by atoms with E-state index in [-0.39, 0.29) is 5.91 Å². The first-order valence-electron chi connectivity index (χ1n) is 10.7. The van der Waals surface area contributed by atoms with Crippen LogP contribution in [-0.2, 0) is 0 Å². The van der Waals surface area contributed by atoms with E-state index in [4.69, 9.17) is 0 Å². The summed E-state index contributed by atoms with van der Waals surface area (Å²) >= 11 is 0. The van der Waals surface area contributed by atoms with Crippen molar-refractivity contribution in [3.05, 3.63) is 11.9 Å². The van der Waals surface area contributed by atoms with E-state index in [1.807, 2.05) is 10.9 Å². The van der Waals surface area contributed by atoms with Crippen molar-refractivity contribution in [1.29, 1.82) is 0 Å². The van der Waals surface area contributed by atoms with Crippen molar-refractivity contribution >= 4 is 5.91 Å². The number of piperidine rings is 1. The Kier molecular flexibility index (Phi) is 5.88. The van der Waals surface area contributed by atoms with Gasteiger partial charge in [0.1, 0.15) is 0 Å². The van der Waals surface area contributed by atoms with E-state index >= 15 is 0 Å². The fraction of sp³-hybridized carbons (Fsp3) is 0.850. The largest absolute Gasteiger partial charge is 0.334 e. The van der Waals surface area contributed by atoms with Gasteiger partial charge in [0.2, 0.25) is 0 Å². The Morgan fingerprint density at radius 3 is 2.77 bits per heavy atom. The lowest BCUT2D eigenvalue weighted by molar-refractivity contribution is 0.0717. The Balaban J connectivity index is 1.34. The van der Waals surface area contributed by atoms with Crippen molar-refractivity contribution in [2.75, 3.05) is 19.6 Å². The summed E-state index contributed by atoms with van der Waals surface area (Å²) in [6.45, 7) is 2.88. The molecule has 1 amide bonds. The molecular weight excluding hydrogens is 326 g/mol. The van der Waals surface area contributed by atoms with Crippen LogP contribution in [0.2, 0.25) is 0 Å². The van der Waals surface area contributed by atoms with Crippen LogP contribution in [-0.4, -0.2) is 51.5 Å². The molecule has 1 saturated carbocycles. The average Bonchev–Trinajstić information content (AvgIpc) is 3.37. The van der Waals surface area contributed by atoms with Crippen molar-refractivity contribution in [2.45, 2.75) is 82.7 Å². The second-order valence-electron chi connectivity index (χ2n) is 8.46. The van der Waals surface area contributed by atoms with Crippen LogP contribution in [0.15, 0.2) is 6.20 Å². The van der Waals surface area contributed by atoms with Crippen molar-refractivity contribution in [3.8, 4) is 0 Å². The zero-order chi connectivity index (χ0) is 17.8. The van der Waals surface area contributed by atoms with Crippen molar-refractivity contribution in [2.24, 2.45) is 5.92 Å². The topological polar surface area (TPSA) is 63.1 Å². The minimum absolute atomic E-state index is 0.0890. The number of aromatic nitrogens is 3. The number of nitrogens with zero attached hydrogens (tertiary/aromatic N) is 4. The summed E-state index contributed by atoms with van der Waals surface area (Å²) in [5, 5.41) is 11.9. The third-order valence-electron chi connectivity index (χ3n) is 6.65. The van der Waals surface area contributed by atoms with Crippen molar-refractivity contribution in [3.63, 3.8) is 0 Å². The molecule has 3 heterocycles. The van der Waals surface area contributed by atoms with Gasteiger partial charge in [0.15, 0.2) is 5.69 Å². The average molecular weight is 360 g/mol. The Bertz CT molecular complexity index is 589. The molecule has 6 nitrogen and oxygen atoms in total.